The zero-order valence-corrected chi connectivity index (χ0v) is 19.1. The van der Waals surface area contributed by atoms with Crippen molar-refractivity contribution in [3.8, 4) is 23.0 Å². The number of rotatable bonds is 5. The summed E-state index contributed by atoms with van der Waals surface area (Å²) in [6, 6.07) is 19.9. The second kappa shape index (κ2) is 9.95. The Balaban J connectivity index is 0.00000133. The lowest BCUT2D eigenvalue weighted by atomic mass is 10.1. The molecule has 1 amide bonds. The highest BCUT2D eigenvalue weighted by Gasteiger charge is 2.11. The molecule has 2 aromatic heterocycles. The Bertz CT molecular complexity index is 1450. The van der Waals surface area contributed by atoms with Crippen molar-refractivity contribution in [1.82, 2.24) is 9.97 Å². The number of nitrogens with zero attached hydrogens (tertiary/aromatic N) is 1. The maximum Gasteiger partial charge on any atom is 0.272 e. The van der Waals surface area contributed by atoms with Crippen molar-refractivity contribution >= 4 is 33.3 Å². The lowest BCUT2D eigenvalue weighted by Crippen LogP contribution is -2.11. The summed E-state index contributed by atoms with van der Waals surface area (Å²) in [5, 5.41) is 15.6. The summed E-state index contributed by atoms with van der Waals surface area (Å²) in [7, 11) is 1.49. The Morgan fingerprint density at radius 1 is 0.971 bits per heavy atom. The van der Waals surface area contributed by atoms with Gasteiger partial charge in [0.15, 0.2) is 11.5 Å². The summed E-state index contributed by atoms with van der Waals surface area (Å²) in [5.41, 5.74) is 1.82. The molecule has 0 bridgehead atoms. The number of anilines is 1. The van der Waals surface area contributed by atoms with Gasteiger partial charge in [-0.25, -0.2) is 0 Å². The molecule has 7 nitrogen and oxygen atoms in total. The van der Waals surface area contributed by atoms with Crippen LogP contribution in [0.4, 0.5) is 5.69 Å². The summed E-state index contributed by atoms with van der Waals surface area (Å²) in [6.07, 6.45) is 3.35. The van der Waals surface area contributed by atoms with Gasteiger partial charge in [-0.15, -0.1) is 0 Å². The largest absolute Gasteiger partial charge is 0.504 e. The quantitative estimate of drug-likeness (QED) is 0.281. The highest BCUT2D eigenvalue weighted by molar-refractivity contribution is 6.04. The number of hydrogen-bond donors (Lipinski definition) is 3. The first-order valence-electron chi connectivity index (χ1n) is 10.9. The zero-order chi connectivity index (χ0) is 24.1. The maximum absolute atomic E-state index is 12.3. The number of phenolic OH excluding ortho intramolecular Hbond substituents is 1. The summed E-state index contributed by atoms with van der Waals surface area (Å²) in [5.74, 6) is 1.33. The van der Waals surface area contributed by atoms with E-state index in [0.29, 0.717) is 39.5 Å². The normalized spacial score (nSPS) is 10.4. The molecule has 0 aliphatic rings. The molecule has 7 heteroatoms. The molecular formula is C27H25N3O4. The molecule has 0 atom stereocenters. The third kappa shape index (κ3) is 4.63. The van der Waals surface area contributed by atoms with Gasteiger partial charge in [0.05, 0.1) is 12.6 Å². The smallest absolute Gasteiger partial charge is 0.272 e. The number of carbonyl (C=O) groups is 1. The molecule has 0 aliphatic heterocycles. The Morgan fingerprint density at radius 2 is 1.79 bits per heavy atom. The molecule has 34 heavy (non-hydrogen) atoms. The zero-order valence-electron chi connectivity index (χ0n) is 19.1. The number of fused-ring (bicyclic) bond motifs is 2. The molecule has 3 N–H and O–H groups in total. The van der Waals surface area contributed by atoms with Gasteiger partial charge in [-0.1, -0.05) is 26.0 Å². The van der Waals surface area contributed by atoms with E-state index >= 15 is 0 Å². The molecule has 0 radical (unpaired) electrons. The fraction of sp³-hybridized carbons (Fsp3) is 0.111. The fourth-order valence-electron chi connectivity index (χ4n) is 3.55. The van der Waals surface area contributed by atoms with Crippen LogP contribution in [0.15, 0.2) is 79.1 Å². The number of pyridine rings is 1. The van der Waals surface area contributed by atoms with Crippen molar-refractivity contribution in [2.45, 2.75) is 13.8 Å². The average Bonchev–Trinajstić information content (AvgIpc) is 3.40. The highest BCUT2D eigenvalue weighted by atomic mass is 16.5. The lowest BCUT2D eigenvalue weighted by molar-refractivity contribution is 0.102. The number of amides is 1. The van der Waals surface area contributed by atoms with Crippen molar-refractivity contribution in [1.29, 1.82) is 0 Å². The summed E-state index contributed by atoms with van der Waals surface area (Å²) >= 11 is 0. The monoisotopic (exact) mass is 455 g/mol. The van der Waals surface area contributed by atoms with Gasteiger partial charge >= 0.3 is 0 Å². The number of hydrogen-bond acceptors (Lipinski definition) is 5. The minimum Gasteiger partial charge on any atom is -0.504 e. The topological polar surface area (TPSA) is 96.5 Å². The molecular weight excluding hydrogens is 430 g/mol. The summed E-state index contributed by atoms with van der Waals surface area (Å²) < 4.78 is 11.3. The standard InChI is InChI=1S/C25H19N3O4.C2H6/c1-31-24-14-21-19(13-22(24)29)23(8-10-27-21)32-18-7-5-15-4-6-17(11-16(15)12-18)28-25(30)20-3-2-9-26-20;1-2/h2-14,26,29H,1H3,(H,28,30);1-2H3. The molecule has 3 aromatic carbocycles. The second-order valence-corrected chi connectivity index (χ2v) is 7.21. The van der Waals surface area contributed by atoms with Crippen LogP contribution >= 0.6 is 0 Å². The summed E-state index contributed by atoms with van der Waals surface area (Å²) in [6.45, 7) is 4.00. The van der Waals surface area contributed by atoms with Crippen LogP contribution < -0.4 is 14.8 Å². The minimum absolute atomic E-state index is 0.0128. The molecule has 172 valence electrons. The van der Waals surface area contributed by atoms with Gasteiger partial charge < -0.3 is 24.9 Å². The number of methoxy groups -OCH3 is 1. The van der Waals surface area contributed by atoms with Crippen molar-refractivity contribution < 1.29 is 19.4 Å². The van der Waals surface area contributed by atoms with Crippen LogP contribution in [0.1, 0.15) is 24.3 Å². The molecule has 0 spiro atoms. The summed E-state index contributed by atoms with van der Waals surface area (Å²) in [4.78, 5) is 19.5. The van der Waals surface area contributed by atoms with Crippen molar-refractivity contribution in [2.24, 2.45) is 0 Å². The number of aromatic amines is 1. The van der Waals surface area contributed by atoms with E-state index < -0.39 is 0 Å². The minimum atomic E-state index is -0.208. The Morgan fingerprint density at radius 3 is 2.56 bits per heavy atom. The third-order valence-corrected chi connectivity index (χ3v) is 5.14. The van der Waals surface area contributed by atoms with Crippen molar-refractivity contribution in [2.75, 3.05) is 12.4 Å². The van der Waals surface area contributed by atoms with Gasteiger partial charge in [-0.05, 0) is 59.3 Å². The Kier molecular flexibility index (Phi) is 6.64. The van der Waals surface area contributed by atoms with Crippen LogP contribution in [0.5, 0.6) is 23.0 Å². The first-order valence-corrected chi connectivity index (χ1v) is 10.9. The lowest BCUT2D eigenvalue weighted by Gasteiger charge is -2.12. The van der Waals surface area contributed by atoms with Gasteiger partial charge in [0.2, 0.25) is 0 Å². The van der Waals surface area contributed by atoms with Crippen molar-refractivity contribution in [3.63, 3.8) is 0 Å². The number of phenols is 1. The molecule has 0 fully saturated rings. The van der Waals surface area contributed by atoms with E-state index in [2.05, 4.69) is 15.3 Å². The Labute approximate surface area is 197 Å². The first-order chi connectivity index (χ1) is 16.6. The predicted molar refractivity (Wildman–Crippen MR) is 134 cm³/mol. The molecule has 0 unspecified atom stereocenters. The van der Waals surface area contributed by atoms with E-state index in [1.807, 2.05) is 50.2 Å². The SMILES string of the molecule is CC.COc1cc2nccc(Oc3ccc4ccc(NC(=O)c5ccc[nH]5)cc4c3)c2cc1O. The van der Waals surface area contributed by atoms with Gasteiger partial charge in [0.1, 0.15) is 17.2 Å². The second-order valence-electron chi connectivity index (χ2n) is 7.21. The van der Waals surface area contributed by atoms with E-state index in [-0.39, 0.29) is 11.7 Å². The van der Waals surface area contributed by atoms with Gasteiger partial charge in [0.25, 0.3) is 5.91 Å². The number of benzene rings is 3. The molecule has 2 heterocycles. The van der Waals surface area contributed by atoms with E-state index in [1.165, 1.54) is 7.11 Å². The van der Waals surface area contributed by atoms with E-state index in [0.717, 1.165) is 10.8 Å². The molecule has 0 saturated heterocycles. The number of ether oxygens (including phenoxy) is 2. The van der Waals surface area contributed by atoms with Crippen molar-refractivity contribution in [3.05, 3.63) is 84.8 Å². The van der Waals surface area contributed by atoms with Crippen LogP contribution in [-0.2, 0) is 0 Å². The number of aromatic nitrogens is 2. The van der Waals surface area contributed by atoms with Gasteiger partial charge in [0, 0.05) is 29.5 Å². The fourth-order valence-corrected chi connectivity index (χ4v) is 3.55. The van der Waals surface area contributed by atoms with Crippen LogP contribution in [0.2, 0.25) is 0 Å². The van der Waals surface area contributed by atoms with Crippen LogP contribution in [0.3, 0.4) is 0 Å². The van der Waals surface area contributed by atoms with Crippen LogP contribution in [-0.4, -0.2) is 28.1 Å². The van der Waals surface area contributed by atoms with Crippen LogP contribution in [0.25, 0.3) is 21.7 Å². The third-order valence-electron chi connectivity index (χ3n) is 5.14. The first kappa shape index (κ1) is 22.7. The van der Waals surface area contributed by atoms with E-state index in [4.69, 9.17) is 9.47 Å². The number of nitrogens with one attached hydrogen (secondary N) is 2. The highest BCUT2D eigenvalue weighted by Crippen LogP contribution is 2.36. The molecule has 5 aromatic rings. The van der Waals surface area contributed by atoms with Gasteiger partial charge in [-0.3, -0.25) is 9.78 Å². The Hall–Kier alpha value is -4.52. The van der Waals surface area contributed by atoms with E-state index in [1.54, 1.807) is 42.7 Å². The molecule has 5 rings (SSSR count). The predicted octanol–water partition coefficient (Wildman–Crippen LogP) is 6.50. The molecule has 0 aliphatic carbocycles. The number of aromatic hydroxyl groups is 1. The maximum atomic E-state index is 12.3. The van der Waals surface area contributed by atoms with Crippen LogP contribution in [0, 0.1) is 0 Å². The van der Waals surface area contributed by atoms with Gasteiger partial charge in [-0.2, -0.15) is 0 Å². The number of carbonyl (C=O) groups excluding carboxylic acids is 1. The average molecular weight is 456 g/mol. The molecule has 0 saturated carbocycles. The van der Waals surface area contributed by atoms with E-state index in [9.17, 15) is 9.90 Å². The number of H-pyrrole nitrogens is 1.